The van der Waals surface area contributed by atoms with Gasteiger partial charge >= 0.3 is 11.9 Å². The van der Waals surface area contributed by atoms with Gasteiger partial charge in [0.05, 0.1) is 23.5 Å². The summed E-state index contributed by atoms with van der Waals surface area (Å²) in [7, 11) is 1.60. The number of esters is 2. The largest absolute Gasteiger partial charge is 0.393 e. The number of anilines is 2. The van der Waals surface area contributed by atoms with Crippen LogP contribution in [0.15, 0.2) is 18.2 Å². The molecule has 0 saturated carbocycles. The van der Waals surface area contributed by atoms with Crippen LogP contribution in [0.1, 0.15) is 49.4 Å². The molecule has 0 saturated heterocycles. The SMILES string of the molecule is CC(=O)OC(=O)CCN1CC(=O)N(C)c2ccc(NCCCCCC(=N)N)cc2C1=O. The molecule has 0 atom stereocenters. The molecule has 0 radical (unpaired) electrons. The first-order valence-corrected chi connectivity index (χ1v) is 10.2. The number of hydrogen-bond donors (Lipinski definition) is 3. The molecule has 1 aliphatic heterocycles. The highest BCUT2D eigenvalue weighted by molar-refractivity contribution is 6.10. The van der Waals surface area contributed by atoms with E-state index < -0.39 is 11.9 Å². The van der Waals surface area contributed by atoms with Crippen LogP contribution < -0.4 is 16.0 Å². The fraction of sp³-hybridized carbons (Fsp3) is 0.476. The lowest BCUT2D eigenvalue weighted by Gasteiger charge is -2.19. The third-order valence-electron chi connectivity index (χ3n) is 4.87. The molecule has 1 heterocycles. The highest BCUT2D eigenvalue weighted by Crippen LogP contribution is 2.28. The Balaban J connectivity index is 2.05. The number of unbranched alkanes of at least 4 members (excludes halogenated alkanes) is 2. The van der Waals surface area contributed by atoms with E-state index in [2.05, 4.69) is 10.1 Å². The molecule has 0 bridgehead atoms. The highest BCUT2D eigenvalue weighted by atomic mass is 16.6. The van der Waals surface area contributed by atoms with Crippen molar-refractivity contribution in [2.45, 2.75) is 39.0 Å². The first-order chi connectivity index (χ1) is 14.7. The number of rotatable bonds is 10. The Morgan fingerprint density at radius 1 is 1.19 bits per heavy atom. The summed E-state index contributed by atoms with van der Waals surface area (Å²) in [6, 6.07) is 5.23. The van der Waals surface area contributed by atoms with E-state index in [4.69, 9.17) is 11.1 Å². The van der Waals surface area contributed by atoms with E-state index in [1.54, 1.807) is 19.2 Å². The van der Waals surface area contributed by atoms with E-state index in [1.807, 2.05) is 6.07 Å². The van der Waals surface area contributed by atoms with Crippen molar-refractivity contribution in [1.29, 1.82) is 5.41 Å². The van der Waals surface area contributed by atoms with Crippen LogP contribution in [0.2, 0.25) is 0 Å². The molecule has 1 aromatic carbocycles. The number of hydrogen-bond acceptors (Lipinski definition) is 7. The minimum absolute atomic E-state index is 0.0300. The second-order valence-electron chi connectivity index (χ2n) is 7.39. The zero-order valence-corrected chi connectivity index (χ0v) is 17.9. The Morgan fingerprint density at radius 3 is 2.61 bits per heavy atom. The number of carbonyl (C=O) groups is 4. The quantitative estimate of drug-likeness (QED) is 0.167. The van der Waals surface area contributed by atoms with Gasteiger partial charge in [-0.2, -0.15) is 0 Å². The number of nitrogens with two attached hydrogens (primary N) is 1. The first-order valence-electron chi connectivity index (χ1n) is 10.2. The summed E-state index contributed by atoms with van der Waals surface area (Å²) in [6.07, 6.45) is 3.08. The molecule has 0 aliphatic carbocycles. The lowest BCUT2D eigenvalue weighted by atomic mass is 10.1. The van der Waals surface area contributed by atoms with Crippen LogP contribution in [0.4, 0.5) is 11.4 Å². The smallest absolute Gasteiger partial charge is 0.315 e. The van der Waals surface area contributed by atoms with Crippen molar-refractivity contribution in [3.8, 4) is 0 Å². The van der Waals surface area contributed by atoms with Crippen molar-refractivity contribution in [2.24, 2.45) is 5.73 Å². The van der Waals surface area contributed by atoms with Gasteiger partial charge in [0, 0.05) is 39.2 Å². The van der Waals surface area contributed by atoms with Gasteiger partial charge in [-0.3, -0.25) is 24.6 Å². The van der Waals surface area contributed by atoms with Crippen LogP contribution in [0.5, 0.6) is 0 Å². The predicted molar refractivity (Wildman–Crippen MR) is 116 cm³/mol. The maximum atomic E-state index is 13.1. The summed E-state index contributed by atoms with van der Waals surface area (Å²) in [5.74, 6) is -1.92. The topological polar surface area (TPSA) is 146 Å². The molecule has 10 heteroatoms. The first kappa shape index (κ1) is 23.8. The number of likely N-dealkylation sites (N-methyl/N-ethyl adjacent to an activating group) is 1. The van der Waals surface area contributed by atoms with E-state index in [0.717, 1.165) is 31.9 Å². The summed E-state index contributed by atoms with van der Waals surface area (Å²) in [5.41, 5.74) is 6.94. The van der Waals surface area contributed by atoms with Crippen molar-refractivity contribution in [1.82, 2.24) is 4.90 Å². The van der Waals surface area contributed by atoms with Gasteiger partial charge in [0.15, 0.2) is 0 Å². The maximum Gasteiger partial charge on any atom is 0.315 e. The van der Waals surface area contributed by atoms with Crippen LogP contribution >= 0.6 is 0 Å². The third-order valence-corrected chi connectivity index (χ3v) is 4.87. The number of amides is 2. The standard InChI is InChI=1S/C21H29N5O5/c1-14(27)31-20(29)9-11-26-13-19(28)25(2)17-8-7-15(12-16(17)21(26)30)24-10-5-3-4-6-18(22)23/h7-8,12,24H,3-6,9-11,13H2,1-2H3,(H3,22,23). The van der Waals surface area contributed by atoms with Crippen molar-refractivity contribution in [2.75, 3.05) is 36.9 Å². The van der Waals surface area contributed by atoms with Gasteiger partial charge < -0.3 is 25.6 Å². The van der Waals surface area contributed by atoms with Crippen LogP contribution in [-0.2, 0) is 19.1 Å². The molecule has 168 valence electrons. The molecule has 31 heavy (non-hydrogen) atoms. The number of amidine groups is 1. The zero-order valence-electron chi connectivity index (χ0n) is 17.9. The van der Waals surface area contributed by atoms with E-state index >= 15 is 0 Å². The van der Waals surface area contributed by atoms with Crippen molar-refractivity contribution < 1.29 is 23.9 Å². The maximum absolute atomic E-state index is 13.1. The summed E-state index contributed by atoms with van der Waals surface area (Å²) in [5, 5.41) is 10.5. The van der Waals surface area contributed by atoms with Gasteiger partial charge in [-0.15, -0.1) is 0 Å². The van der Waals surface area contributed by atoms with Crippen LogP contribution in [0.3, 0.4) is 0 Å². The molecule has 4 N–H and O–H groups in total. The molecule has 2 amide bonds. The molecule has 0 unspecified atom stereocenters. The monoisotopic (exact) mass is 431 g/mol. The summed E-state index contributed by atoms with van der Waals surface area (Å²) in [6.45, 7) is 1.62. The minimum atomic E-state index is -0.745. The van der Waals surface area contributed by atoms with Gasteiger partial charge in [-0.05, 0) is 31.0 Å². The van der Waals surface area contributed by atoms with Crippen LogP contribution in [-0.4, -0.2) is 61.2 Å². The molecule has 0 spiro atoms. The highest BCUT2D eigenvalue weighted by Gasteiger charge is 2.30. The summed E-state index contributed by atoms with van der Waals surface area (Å²) < 4.78 is 4.49. The molecule has 0 aromatic heterocycles. The van der Waals surface area contributed by atoms with Gasteiger partial charge in [-0.1, -0.05) is 6.42 Å². The Bertz CT molecular complexity index is 870. The number of benzene rings is 1. The number of nitrogens with zero attached hydrogens (tertiary/aromatic N) is 2. The van der Waals surface area contributed by atoms with Crippen molar-refractivity contribution in [3.63, 3.8) is 0 Å². The zero-order chi connectivity index (χ0) is 23.0. The normalized spacial score (nSPS) is 13.5. The Hall–Kier alpha value is -3.43. The Kier molecular flexibility index (Phi) is 8.53. The van der Waals surface area contributed by atoms with Gasteiger partial charge in [-0.25, -0.2) is 0 Å². The summed E-state index contributed by atoms with van der Waals surface area (Å²) >= 11 is 0. The Morgan fingerprint density at radius 2 is 1.94 bits per heavy atom. The summed E-state index contributed by atoms with van der Waals surface area (Å²) in [4.78, 5) is 50.8. The minimum Gasteiger partial charge on any atom is -0.393 e. The average Bonchev–Trinajstić information content (AvgIpc) is 2.79. The Labute approximate surface area is 181 Å². The van der Waals surface area contributed by atoms with Gasteiger partial charge in [0.25, 0.3) is 5.91 Å². The molecule has 1 aliphatic rings. The molecular formula is C21H29N5O5. The van der Waals surface area contributed by atoms with Gasteiger partial charge in [0.1, 0.15) is 6.54 Å². The van der Waals surface area contributed by atoms with E-state index in [9.17, 15) is 19.2 Å². The van der Waals surface area contributed by atoms with E-state index in [0.29, 0.717) is 24.2 Å². The molecule has 10 nitrogen and oxygen atoms in total. The fourth-order valence-corrected chi connectivity index (χ4v) is 3.22. The molecular weight excluding hydrogens is 402 g/mol. The van der Waals surface area contributed by atoms with Crippen molar-refractivity contribution >= 4 is 41.0 Å². The van der Waals surface area contributed by atoms with Gasteiger partial charge in [0.2, 0.25) is 5.91 Å². The number of carbonyl (C=O) groups excluding carboxylic acids is 4. The van der Waals surface area contributed by atoms with E-state index in [1.165, 1.54) is 9.80 Å². The second kappa shape index (κ2) is 11.1. The average molecular weight is 431 g/mol. The number of nitrogens with one attached hydrogen (secondary N) is 2. The van der Waals surface area contributed by atoms with E-state index in [-0.39, 0.29) is 37.2 Å². The number of ether oxygens (including phenoxy) is 1. The molecule has 2 rings (SSSR count). The second-order valence-corrected chi connectivity index (χ2v) is 7.39. The number of fused-ring (bicyclic) bond motifs is 1. The lowest BCUT2D eigenvalue weighted by molar-refractivity contribution is -0.158. The van der Waals surface area contributed by atoms with Crippen LogP contribution in [0.25, 0.3) is 0 Å². The fourth-order valence-electron chi connectivity index (χ4n) is 3.22. The van der Waals surface area contributed by atoms with Crippen LogP contribution in [0, 0.1) is 5.41 Å². The van der Waals surface area contributed by atoms with Crippen molar-refractivity contribution in [3.05, 3.63) is 23.8 Å². The molecule has 0 fully saturated rings. The predicted octanol–water partition coefficient (Wildman–Crippen LogP) is 1.49. The lowest BCUT2D eigenvalue weighted by Crippen LogP contribution is -2.39. The molecule has 1 aromatic rings. The third kappa shape index (κ3) is 7.09.